The van der Waals surface area contributed by atoms with Crippen LogP contribution in [0, 0.1) is 0 Å². The maximum absolute atomic E-state index is 10.2. The molecule has 0 heterocycles. The molecule has 0 aliphatic carbocycles. The molecule has 0 radical (unpaired) electrons. The van der Waals surface area contributed by atoms with Gasteiger partial charge in [-0.2, -0.15) is 0 Å². The zero-order chi connectivity index (χ0) is 16.4. The Bertz CT molecular complexity index is 625. The minimum Gasteiger partial charge on any atom is -0.483 e. The highest BCUT2D eigenvalue weighted by Gasteiger charge is 2.34. The lowest BCUT2D eigenvalue weighted by Crippen LogP contribution is -2.54. The lowest BCUT2D eigenvalue weighted by atomic mass is 9.97. The Labute approximate surface area is 133 Å². The number of aliphatic hydroxyl groups excluding tert-OH is 1. The molecule has 0 aromatic heterocycles. The Morgan fingerprint density at radius 1 is 1.05 bits per heavy atom. The van der Waals surface area contributed by atoms with Gasteiger partial charge in [-0.1, -0.05) is 36.4 Å². The van der Waals surface area contributed by atoms with E-state index in [2.05, 4.69) is 38.2 Å². The van der Waals surface area contributed by atoms with Crippen molar-refractivity contribution in [3.63, 3.8) is 0 Å². The molecule has 0 saturated heterocycles. The van der Waals surface area contributed by atoms with Gasteiger partial charge in [0.15, 0.2) is 0 Å². The maximum atomic E-state index is 10.2. The van der Waals surface area contributed by atoms with Crippen molar-refractivity contribution in [1.82, 2.24) is 5.32 Å². The highest BCUT2D eigenvalue weighted by molar-refractivity contribution is 5.88. The lowest BCUT2D eigenvalue weighted by molar-refractivity contribution is -0.0325. The maximum Gasteiger partial charge on any atom is 0.144 e. The summed E-state index contributed by atoms with van der Waals surface area (Å²) in [6.45, 7) is 10.6. The Balaban J connectivity index is 2.30. The Morgan fingerprint density at radius 2 is 1.68 bits per heavy atom. The number of nitrogens with one attached hydrogen (secondary N) is 1. The quantitative estimate of drug-likeness (QED) is 0.884. The highest BCUT2D eigenvalue weighted by Crippen LogP contribution is 2.29. The molecule has 0 amide bonds. The summed E-state index contributed by atoms with van der Waals surface area (Å²) in [5, 5.41) is 15.9. The number of rotatable bonds is 5. The first-order chi connectivity index (χ1) is 10.2. The zero-order valence-corrected chi connectivity index (χ0v) is 14.2. The molecule has 3 nitrogen and oxygen atoms in total. The van der Waals surface area contributed by atoms with Crippen LogP contribution in [0.25, 0.3) is 10.8 Å². The molecule has 0 aliphatic heterocycles. The number of hydrogen-bond acceptors (Lipinski definition) is 3. The molecule has 0 saturated carbocycles. The molecule has 2 N–H and O–H groups in total. The van der Waals surface area contributed by atoms with Gasteiger partial charge in [0, 0.05) is 17.5 Å². The normalized spacial score (nSPS) is 16.3. The van der Waals surface area contributed by atoms with Gasteiger partial charge in [-0.3, -0.25) is 0 Å². The first-order valence-corrected chi connectivity index (χ1v) is 7.81. The van der Waals surface area contributed by atoms with E-state index in [9.17, 15) is 5.11 Å². The van der Waals surface area contributed by atoms with Crippen LogP contribution in [0.5, 0.6) is 5.75 Å². The minimum atomic E-state index is -0.697. The Hall–Kier alpha value is -1.58. The zero-order valence-electron chi connectivity index (χ0n) is 14.2. The van der Waals surface area contributed by atoms with Crippen LogP contribution in [-0.2, 0) is 0 Å². The van der Waals surface area contributed by atoms with Crippen molar-refractivity contribution in [2.24, 2.45) is 0 Å². The monoisotopic (exact) mass is 301 g/mol. The third kappa shape index (κ3) is 3.99. The van der Waals surface area contributed by atoms with Crippen molar-refractivity contribution in [2.75, 3.05) is 6.54 Å². The van der Waals surface area contributed by atoms with E-state index < -0.39 is 11.7 Å². The molecule has 2 rings (SSSR count). The summed E-state index contributed by atoms with van der Waals surface area (Å²) in [6.07, 6.45) is -0.596. The standard InChI is InChI=1S/C19H27NO2/c1-14(21)19(5,13-20-18(2,3)4)22-17-12-8-10-15-9-6-7-11-16(15)17/h6-12,14,20-21H,13H2,1-5H3. The number of fused-ring (bicyclic) bond motifs is 1. The largest absolute Gasteiger partial charge is 0.483 e. The van der Waals surface area contributed by atoms with Crippen molar-refractivity contribution in [3.05, 3.63) is 42.5 Å². The van der Waals surface area contributed by atoms with Crippen LogP contribution < -0.4 is 10.1 Å². The van der Waals surface area contributed by atoms with Crippen LogP contribution in [-0.4, -0.2) is 28.9 Å². The Morgan fingerprint density at radius 3 is 2.32 bits per heavy atom. The minimum absolute atomic E-state index is 0.0295. The molecule has 0 bridgehead atoms. The van der Waals surface area contributed by atoms with Crippen LogP contribution in [0.3, 0.4) is 0 Å². The van der Waals surface area contributed by atoms with Gasteiger partial charge in [0.1, 0.15) is 11.4 Å². The van der Waals surface area contributed by atoms with Crippen molar-refractivity contribution in [1.29, 1.82) is 0 Å². The third-order valence-corrected chi connectivity index (χ3v) is 3.95. The predicted octanol–water partition coefficient (Wildman–Crippen LogP) is 3.75. The molecular formula is C19H27NO2. The van der Waals surface area contributed by atoms with E-state index in [1.807, 2.05) is 37.3 Å². The summed E-state index contributed by atoms with van der Waals surface area (Å²) in [6, 6.07) is 14.1. The van der Waals surface area contributed by atoms with Gasteiger partial charge < -0.3 is 15.2 Å². The first-order valence-electron chi connectivity index (χ1n) is 7.81. The van der Waals surface area contributed by atoms with Crippen molar-refractivity contribution in [3.8, 4) is 5.75 Å². The topological polar surface area (TPSA) is 41.5 Å². The van der Waals surface area contributed by atoms with Crippen molar-refractivity contribution < 1.29 is 9.84 Å². The number of benzene rings is 2. The fraction of sp³-hybridized carbons (Fsp3) is 0.474. The third-order valence-electron chi connectivity index (χ3n) is 3.95. The summed E-state index contributed by atoms with van der Waals surface area (Å²) in [7, 11) is 0. The van der Waals surface area contributed by atoms with Crippen molar-refractivity contribution in [2.45, 2.75) is 51.9 Å². The summed E-state index contributed by atoms with van der Waals surface area (Å²) < 4.78 is 6.26. The molecule has 2 aromatic carbocycles. The van der Waals surface area contributed by atoms with Gasteiger partial charge >= 0.3 is 0 Å². The van der Waals surface area contributed by atoms with Crippen LogP contribution in [0.2, 0.25) is 0 Å². The summed E-state index contributed by atoms with van der Waals surface area (Å²) in [4.78, 5) is 0. The number of hydrogen-bond donors (Lipinski definition) is 2. The lowest BCUT2D eigenvalue weighted by Gasteiger charge is -2.36. The smallest absolute Gasteiger partial charge is 0.144 e. The molecular weight excluding hydrogens is 274 g/mol. The summed E-state index contributed by atoms with van der Waals surface area (Å²) >= 11 is 0. The van der Waals surface area contributed by atoms with Gasteiger partial charge in [-0.25, -0.2) is 0 Å². The van der Waals surface area contributed by atoms with Crippen LogP contribution in [0.1, 0.15) is 34.6 Å². The van der Waals surface area contributed by atoms with E-state index in [1.165, 1.54) is 0 Å². The molecule has 3 heteroatoms. The van der Waals surface area contributed by atoms with Gasteiger partial charge in [0.2, 0.25) is 0 Å². The molecule has 2 aromatic rings. The fourth-order valence-electron chi connectivity index (χ4n) is 2.25. The van der Waals surface area contributed by atoms with E-state index >= 15 is 0 Å². The van der Waals surface area contributed by atoms with Crippen LogP contribution in [0.15, 0.2) is 42.5 Å². The summed E-state index contributed by atoms with van der Waals surface area (Å²) in [5.74, 6) is 0.803. The molecule has 2 unspecified atom stereocenters. The van der Waals surface area contributed by atoms with Crippen molar-refractivity contribution >= 4 is 10.8 Å². The number of aliphatic hydroxyl groups is 1. The average Bonchev–Trinajstić information content (AvgIpc) is 2.45. The van der Waals surface area contributed by atoms with Crippen LogP contribution in [0.4, 0.5) is 0 Å². The molecule has 120 valence electrons. The van der Waals surface area contributed by atoms with Crippen LogP contribution >= 0.6 is 0 Å². The van der Waals surface area contributed by atoms with E-state index in [0.717, 1.165) is 16.5 Å². The van der Waals surface area contributed by atoms with Gasteiger partial charge in [-0.15, -0.1) is 0 Å². The Kier molecular flexibility index (Phi) is 4.78. The van der Waals surface area contributed by atoms with E-state index in [1.54, 1.807) is 6.92 Å². The second-order valence-corrected chi connectivity index (χ2v) is 7.17. The number of ether oxygens (including phenoxy) is 1. The van der Waals surface area contributed by atoms with E-state index in [0.29, 0.717) is 6.54 Å². The first kappa shape index (κ1) is 16.8. The van der Waals surface area contributed by atoms with E-state index in [4.69, 9.17) is 4.74 Å². The average molecular weight is 301 g/mol. The van der Waals surface area contributed by atoms with Gasteiger partial charge in [0.25, 0.3) is 0 Å². The van der Waals surface area contributed by atoms with E-state index in [-0.39, 0.29) is 5.54 Å². The second-order valence-electron chi connectivity index (χ2n) is 7.17. The predicted molar refractivity (Wildman–Crippen MR) is 92.4 cm³/mol. The molecule has 22 heavy (non-hydrogen) atoms. The second kappa shape index (κ2) is 6.27. The molecule has 0 aliphatic rings. The summed E-state index contributed by atoms with van der Waals surface area (Å²) in [5.41, 5.74) is -0.727. The fourth-order valence-corrected chi connectivity index (χ4v) is 2.25. The molecule has 0 fully saturated rings. The highest BCUT2D eigenvalue weighted by atomic mass is 16.5. The SMILES string of the molecule is CC(O)C(C)(CNC(C)(C)C)Oc1cccc2ccccc12. The van der Waals surface area contributed by atoms with Gasteiger partial charge in [-0.05, 0) is 46.1 Å². The van der Waals surface area contributed by atoms with Gasteiger partial charge in [0.05, 0.1) is 6.10 Å². The molecule has 0 spiro atoms. The molecule has 2 atom stereocenters.